The molecular formula is C40H26O2. The van der Waals surface area contributed by atoms with Crippen LogP contribution in [0.5, 0.6) is 11.5 Å². The Kier molecular flexibility index (Phi) is 5.48. The second kappa shape index (κ2) is 9.50. The zero-order chi connectivity index (χ0) is 28.2. The highest BCUT2D eigenvalue weighted by atomic mass is 16.3. The van der Waals surface area contributed by atoms with E-state index in [-0.39, 0.29) is 11.5 Å². The number of fused-ring (bicyclic) bond motifs is 4. The van der Waals surface area contributed by atoms with E-state index in [2.05, 4.69) is 72.8 Å². The van der Waals surface area contributed by atoms with Gasteiger partial charge in [-0.15, -0.1) is 0 Å². The van der Waals surface area contributed by atoms with Crippen molar-refractivity contribution in [2.75, 3.05) is 0 Å². The van der Waals surface area contributed by atoms with Crippen LogP contribution in [0.15, 0.2) is 146 Å². The maximum atomic E-state index is 11.7. The fourth-order valence-electron chi connectivity index (χ4n) is 6.44. The van der Waals surface area contributed by atoms with Crippen molar-refractivity contribution < 1.29 is 10.2 Å². The summed E-state index contributed by atoms with van der Waals surface area (Å²) in [7, 11) is 0. The van der Waals surface area contributed by atoms with Gasteiger partial charge in [0, 0.05) is 11.1 Å². The highest BCUT2D eigenvalue weighted by Gasteiger charge is 2.21. The van der Waals surface area contributed by atoms with Gasteiger partial charge in [0.15, 0.2) is 0 Å². The van der Waals surface area contributed by atoms with Crippen LogP contribution in [-0.4, -0.2) is 10.2 Å². The van der Waals surface area contributed by atoms with Gasteiger partial charge in [-0.25, -0.2) is 0 Å². The Bertz CT molecular complexity index is 2160. The molecule has 0 bridgehead atoms. The highest BCUT2D eigenvalue weighted by molar-refractivity contribution is 6.16. The van der Waals surface area contributed by atoms with E-state index >= 15 is 0 Å². The highest BCUT2D eigenvalue weighted by Crippen LogP contribution is 2.49. The lowest BCUT2D eigenvalue weighted by Crippen LogP contribution is -1.91. The second-order valence-electron chi connectivity index (χ2n) is 10.9. The van der Waals surface area contributed by atoms with Crippen LogP contribution in [0.25, 0.3) is 76.5 Å². The third-order valence-electron chi connectivity index (χ3n) is 8.42. The van der Waals surface area contributed by atoms with E-state index in [9.17, 15) is 10.2 Å². The van der Waals surface area contributed by atoms with Crippen molar-refractivity contribution in [3.63, 3.8) is 0 Å². The van der Waals surface area contributed by atoms with E-state index < -0.39 is 0 Å². The van der Waals surface area contributed by atoms with Crippen molar-refractivity contribution in [2.45, 2.75) is 0 Å². The zero-order valence-electron chi connectivity index (χ0n) is 22.8. The van der Waals surface area contributed by atoms with Crippen LogP contribution >= 0.6 is 0 Å². The summed E-state index contributed by atoms with van der Waals surface area (Å²) in [5.74, 6) is 0.270. The van der Waals surface area contributed by atoms with E-state index in [1.165, 1.54) is 10.8 Å². The molecule has 8 rings (SSSR count). The molecule has 0 amide bonds. The Balaban J connectivity index is 1.38. The Morgan fingerprint density at radius 1 is 0.310 bits per heavy atom. The second-order valence-corrected chi connectivity index (χ2v) is 10.9. The Hall–Kier alpha value is -5.60. The number of benzene rings is 8. The molecule has 198 valence electrons. The van der Waals surface area contributed by atoms with Gasteiger partial charge in [-0.05, 0) is 89.6 Å². The average Bonchev–Trinajstić information content (AvgIpc) is 3.04. The molecule has 0 heterocycles. The van der Waals surface area contributed by atoms with Gasteiger partial charge < -0.3 is 10.2 Å². The Morgan fingerprint density at radius 2 is 0.667 bits per heavy atom. The first kappa shape index (κ1) is 24.2. The lowest BCUT2D eigenvalue weighted by molar-refractivity contribution is 0.470. The number of rotatable bonds is 3. The molecule has 8 aromatic rings. The predicted octanol–water partition coefficient (Wildman–Crippen LogP) is 10.7. The summed E-state index contributed by atoms with van der Waals surface area (Å²) in [6, 6.07) is 49.3. The van der Waals surface area contributed by atoms with E-state index in [1.807, 2.05) is 72.8 Å². The molecule has 0 spiro atoms. The summed E-state index contributed by atoms with van der Waals surface area (Å²) in [4.78, 5) is 0. The monoisotopic (exact) mass is 538 g/mol. The Labute approximate surface area is 243 Å². The first-order valence-electron chi connectivity index (χ1n) is 14.1. The fourth-order valence-corrected chi connectivity index (χ4v) is 6.44. The van der Waals surface area contributed by atoms with Gasteiger partial charge >= 0.3 is 0 Å². The molecule has 2 nitrogen and oxygen atoms in total. The smallest absolute Gasteiger partial charge is 0.124 e. The molecular weight excluding hydrogens is 512 g/mol. The maximum Gasteiger partial charge on any atom is 0.124 e. The molecule has 2 N–H and O–H groups in total. The molecule has 0 saturated carbocycles. The summed E-state index contributed by atoms with van der Waals surface area (Å²) in [6.45, 7) is 0. The molecule has 0 atom stereocenters. The zero-order valence-corrected chi connectivity index (χ0v) is 22.8. The van der Waals surface area contributed by atoms with Crippen LogP contribution in [0.1, 0.15) is 0 Å². The average molecular weight is 539 g/mol. The standard InChI is InChI=1S/C40H26O2/c41-37-23-35(29-19-17-25-9-1-3-11-27(25)21-29)31-13-5-7-15-33(31)39(37)40-34-16-8-6-14-32(34)36(24-38(40)42)30-20-18-26-10-2-4-12-28(26)22-30/h1-24,41-42H. The number of phenols is 2. The minimum atomic E-state index is 0.135. The van der Waals surface area contributed by atoms with E-state index in [4.69, 9.17) is 0 Å². The topological polar surface area (TPSA) is 40.5 Å². The lowest BCUT2D eigenvalue weighted by atomic mass is 9.86. The molecule has 42 heavy (non-hydrogen) atoms. The number of aromatic hydroxyl groups is 2. The summed E-state index contributed by atoms with van der Waals surface area (Å²) < 4.78 is 0. The van der Waals surface area contributed by atoms with Crippen molar-refractivity contribution in [1.29, 1.82) is 0 Å². The number of hydrogen-bond acceptors (Lipinski definition) is 2. The van der Waals surface area contributed by atoms with Crippen molar-refractivity contribution in [3.05, 3.63) is 146 Å². The minimum Gasteiger partial charge on any atom is -0.507 e. The van der Waals surface area contributed by atoms with Gasteiger partial charge in [0.05, 0.1) is 0 Å². The first-order valence-corrected chi connectivity index (χ1v) is 14.1. The molecule has 0 radical (unpaired) electrons. The maximum absolute atomic E-state index is 11.7. The van der Waals surface area contributed by atoms with Crippen LogP contribution < -0.4 is 0 Å². The van der Waals surface area contributed by atoms with Crippen molar-refractivity contribution >= 4 is 43.1 Å². The van der Waals surface area contributed by atoms with Gasteiger partial charge in [0.1, 0.15) is 11.5 Å². The predicted molar refractivity (Wildman–Crippen MR) is 176 cm³/mol. The van der Waals surface area contributed by atoms with Crippen molar-refractivity contribution in [3.8, 4) is 44.9 Å². The largest absolute Gasteiger partial charge is 0.507 e. The van der Waals surface area contributed by atoms with Crippen LogP contribution in [0.4, 0.5) is 0 Å². The van der Waals surface area contributed by atoms with Gasteiger partial charge in [-0.2, -0.15) is 0 Å². The number of phenolic OH excluding ortho intramolecular Hbond substituents is 2. The SMILES string of the molecule is Oc1cc(-c2ccc3ccccc3c2)c2ccccc2c1-c1c(O)cc(-c2ccc3ccccc3c2)c2ccccc12. The van der Waals surface area contributed by atoms with Crippen molar-refractivity contribution in [1.82, 2.24) is 0 Å². The molecule has 2 heteroatoms. The first-order chi connectivity index (χ1) is 20.7. The summed E-state index contributed by atoms with van der Waals surface area (Å²) in [5.41, 5.74) is 5.24. The minimum absolute atomic E-state index is 0.135. The van der Waals surface area contributed by atoms with Crippen molar-refractivity contribution in [2.24, 2.45) is 0 Å². The van der Waals surface area contributed by atoms with Crippen LogP contribution in [0.3, 0.4) is 0 Å². The third kappa shape index (κ3) is 3.81. The third-order valence-corrected chi connectivity index (χ3v) is 8.42. The molecule has 0 saturated heterocycles. The Morgan fingerprint density at radius 3 is 1.10 bits per heavy atom. The van der Waals surface area contributed by atoms with Crippen LogP contribution in [0.2, 0.25) is 0 Å². The van der Waals surface area contributed by atoms with E-state index in [0.717, 1.165) is 54.6 Å². The molecule has 0 aliphatic carbocycles. The molecule has 0 unspecified atom stereocenters. The number of hydrogen-bond donors (Lipinski definition) is 2. The van der Waals surface area contributed by atoms with E-state index in [1.54, 1.807) is 0 Å². The quantitative estimate of drug-likeness (QED) is 0.235. The van der Waals surface area contributed by atoms with Gasteiger partial charge in [-0.3, -0.25) is 0 Å². The summed E-state index contributed by atoms with van der Waals surface area (Å²) >= 11 is 0. The lowest BCUT2D eigenvalue weighted by Gasteiger charge is -2.19. The van der Waals surface area contributed by atoms with Gasteiger partial charge in [0.25, 0.3) is 0 Å². The fraction of sp³-hybridized carbons (Fsp3) is 0. The van der Waals surface area contributed by atoms with Crippen LogP contribution in [-0.2, 0) is 0 Å². The van der Waals surface area contributed by atoms with Crippen LogP contribution in [0, 0.1) is 0 Å². The van der Waals surface area contributed by atoms with Gasteiger partial charge in [-0.1, -0.05) is 121 Å². The molecule has 0 aromatic heterocycles. The normalized spacial score (nSPS) is 11.5. The summed E-state index contributed by atoms with van der Waals surface area (Å²) in [6.07, 6.45) is 0. The molecule has 8 aromatic carbocycles. The van der Waals surface area contributed by atoms with Gasteiger partial charge in [0.2, 0.25) is 0 Å². The molecule has 0 fully saturated rings. The molecule has 0 aliphatic heterocycles. The summed E-state index contributed by atoms with van der Waals surface area (Å²) in [5, 5.41) is 31.8. The van der Waals surface area contributed by atoms with E-state index in [0.29, 0.717) is 11.1 Å². The molecule has 0 aliphatic rings.